The molecule has 92 valence electrons. The Hall–Kier alpha value is -1.26. The van der Waals surface area contributed by atoms with Crippen molar-refractivity contribution in [3.63, 3.8) is 0 Å². The van der Waals surface area contributed by atoms with Crippen LogP contribution in [0.4, 0.5) is 5.69 Å². The van der Waals surface area contributed by atoms with Gasteiger partial charge < -0.3 is 16.0 Å². The normalized spacial score (nSPS) is 20.8. The number of amides is 1. The van der Waals surface area contributed by atoms with Gasteiger partial charge in [0.05, 0.1) is 5.56 Å². The fraction of sp³-hybridized carbons (Fsp3) is 0.417. The number of rotatable bonds is 0. The molecule has 17 heavy (non-hydrogen) atoms. The Morgan fingerprint density at radius 3 is 2.53 bits per heavy atom. The average Bonchev–Trinajstić information content (AvgIpc) is 2.30. The van der Waals surface area contributed by atoms with Crippen LogP contribution in [-0.2, 0) is 0 Å². The van der Waals surface area contributed by atoms with Crippen LogP contribution in [0.5, 0.6) is 0 Å². The molecule has 0 aromatic heterocycles. The molecule has 1 amide bonds. The van der Waals surface area contributed by atoms with Crippen molar-refractivity contribution in [3.05, 3.63) is 29.8 Å². The Labute approximate surface area is 107 Å². The van der Waals surface area contributed by atoms with Crippen molar-refractivity contribution in [2.24, 2.45) is 0 Å². The topological polar surface area (TPSA) is 53.2 Å². The van der Waals surface area contributed by atoms with Crippen molar-refractivity contribution in [1.82, 2.24) is 10.6 Å². The second-order valence-electron chi connectivity index (χ2n) is 4.46. The molecule has 5 heteroatoms. The Morgan fingerprint density at radius 2 is 1.76 bits per heavy atom. The van der Waals surface area contributed by atoms with E-state index >= 15 is 0 Å². The lowest BCUT2D eigenvalue weighted by Gasteiger charge is -2.43. The molecular weight excluding hydrogens is 238 g/mol. The number of piperidine rings is 1. The van der Waals surface area contributed by atoms with E-state index < -0.39 is 0 Å². The number of nitrogens with one attached hydrogen (secondary N) is 3. The number of carbonyl (C=O) groups excluding carboxylic acids is 1. The fourth-order valence-electron chi connectivity index (χ4n) is 2.47. The number of carbonyl (C=O) groups is 1. The van der Waals surface area contributed by atoms with Gasteiger partial charge in [-0.1, -0.05) is 12.1 Å². The molecule has 0 saturated carbocycles. The number of benzene rings is 1. The molecule has 0 aliphatic carbocycles. The highest BCUT2D eigenvalue weighted by Crippen LogP contribution is 2.29. The van der Waals surface area contributed by atoms with Gasteiger partial charge in [0.2, 0.25) is 0 Å². The van der Waals surface area contributed by atoms with E-state index in [-0.39, 0.29) is 24.0 Å². The smallest absolute Gasteiger partial charge is 0.255 e. The summed E-state index contributed by atoms with van der Waals surface area (Å²) in [5.74, 6) is 0.0382. The van der Waals surface area contributed by atoms with E-state index in [1.54, 1.807) is 0 Å². The zero-order chi connectivity index (χ0) is 11.0. The summed E-state index contributed by atoms with van der Waals surface area (Å²) in [7, 11) is 0. The lowest BCUT2D eigenvalue weighted by atomic mass is 9.93. The summed E-state index contributed by atoms with van der Waals surface area (Å²) in [5.41, 5.74) is 1.45. The van der Waals surface area contributed by atoms with Gasteiger partial charge in [0.25, 0.3) is 5.91 Å². The van der Waals surface area contributed by atoms with Crippen molar-refractivity contribution in [2.75, 3.05) is 18.4 Å². The van der Waals surface area contributed by atoms with E-state index in [9.17, 15) is 4.79 Å². The maximum atomic E-state index is 12.0. The monoisotopic (exact) mass is 253 g/mol. The summed E-state index contributed by atoms with van der Waals surface area (Å²) < 4.78 is 0. The minimum atomic E-state index is -0.239. The summed E-state index contributed by atoms with van der Waals surface area (Å²) in [5, 5.41) is 9.87. The molecule has 0 radical (unpaired) electrons. The fourth-order valence-corrected chi connectivity index (χ4v) is 2.47. The van der Waals surface area contributed by atoms with Crippen molar-refractivity contribution >= 4 is 24.0 Å². The Bertz CT molecular complexity index is 430. The number of fused-ring (bicyclic) bond motifs is 1. The van der Waals surface area contributed by atoms with Crippen molar-refractivity contribution in [2.45, 2.75) is 18.5 Å². The maximum Gasteiger partial charge on any atom is 0.255 e. The lowest BCUT2D eigenvalue weighted by Crippen LogP contribution is -2.61. The second-order valence-corrected chi connectivity index (χ2v) is 4.46. The van der Waals surface area contributed by atoms with Gasteiger partial charge >= 0.3 is 0 Å². The molecule has 0 bridgehead atoms. The summed E-state index contributed by atoms with van der Waals surface area (Å²) >= 11 is 0. The first-order valence-electron chi connectivity index (χ1n) is 5.70. The Morgan fingerprint density at radius 1 is 1.06 bits per heavy atom. The van der Waals surface area contributed by atoms with Gasteiger partial charge in [-0.2, -0.15) is 0 Å². The van der Waals surface area contributed by atoms with Crippen LogP contribution in [-0.4, -0.2) is 24.7 Å². The van der Waals surface area contributed by atoms with E-state index in [4.69, 9.17) is 0 Å². The number of anilines is 1. The minimum Gasteiger partial charge on any atom is -0.362 e. The van der Waals surface area contributed by atoms with Crippen LogP contribution >= 0.6 is 12.4 Å². The SMILES string of the molecule is Cl.O=C1NC2(CCNCC2)Nc2ccccc21. The molecule has 2 aliphatic rings. The van der Waals surface area contributed by atoms with E-state index in [2.05, 4.69) is 16.0 Å². The van der Waals surface area contributed by atoms with Crippen LogP contribution in [0.3, 0.4) is 0 Å². The van der Waals surface area contributed by atoms with Crippen LogP contribution in [0.2, 0.25) is 0 Å². The molecule has 2 heterocycles. The van der Waals surface area contributed by atoms with Crippen LogP contribution in [0, 0.1) is 0 Å². The zero-order valence-corrected chi connectivity index (χ0v) is 10.3. The van der Waals surface area contributed by atoms with Gasteiger partial charge in [0.1, 0.15) is 5.66 Å². The number of halogens is 1. The molecule has 1 fully saturated rings. The molecule has 4 nitrogen and oxygen atoms in total. The highest BCUT2D eigenvalue weighted by molar-refractivity contribution is 6.02. The van der Waals surface area contributed by atoms with Crippen LogP contribution in [0.1, 0.15) is 23.2 Å². The third-order valence-corrected chi connectivity index (χ3v) is 3.36. The van der Waals surface area contributed by atoms with E-state index in [1.165, 1.54) is 0 Å². The first-order chi connectivity index (χ1) is 7.79. The van der Waals surface area contributed by atoms with Gasteiger partial charge in [0, 0.05) is 18.5 Å². The Balaban J connectivity index is 0.00000108. The average molecular weight is 254 g/mol. The van der Waals surface area contributed by atoms with Gasteiger partial charge in [-0.05, 0) is 25.2 Å². The summed E-state index contributed by atoms with van der Waals surface area (Å²) in [6.45, 7) is 1.88. The summed E-state index contributed by atoms with van der Waals surface area (Å²) in [4.78, 5) is 12.0. The van der Waals surface area contributed by atoms with Crippen LogP contribution in [0.15, 0.2) is 24.3 Å². The molecule has 0 atom stereocenters. The highest BCUT2D eigenvalue weighted by atomic mass is 35.5. The number of hydrogen-bond acceptors (Lipinski definition) is 3. The summed E-state index contributed by atoms with van der Waals surface area (Å²) in [6.07, 6.45) is 1.85. The largest absolute Gasteiger partial charge is 0.362 e. The third-order valence-electron chi connectivity index (χ3n) is 3.36. The molecule has 2 aliphatic heterocycles. The predicted octanol–water partition coefficient (Wildman–Crippen LogP) is 1.34. The number of hydrogen-bond donors (Lipinski definition) is 3. The van der Waals surface area contributed by atoms with Gasteiger partial charge in [-0.15, -0.1) is 12.4 Å². The predicted molar refractivity (Wildman–Crippen MR) is 69.6 cm³/mol. The van der Waals surface area contributed by atoms with Crippen molar-refractivity contribution < 1.29 is 4.79 Å². The standard InChI is InChI=1S/C12H15N3O.ClH/c16-11-9-3-1-2-4-10(9)14-12(15-11)5-7-13-8-6-12;/h1-4,13-14H,5-8H2,(H,15,16);1H. The molecule has 0 unspecified atom stereocenters. The molecule has 1 saturated heterocycles. The maximum absolute atomic E-state index is 12.0. The second kappa shape index (κ2) is 4.55. The first-order valence-corrected chi connectivity index (χ1v) is 5.70. The molecular formula is C12H16ClN3O. The zero-order valence-electron chi connectivity index (χ0n) is 9.45. The molecule has 1 spiro atoms. The Kier molecular flexibility index (Phi) is 3.26. The van der Waals surface area contributed by atoms with Gasteiger partial charge in [0.15, 0.2) is 0 Å². The van der Waals surface area contributed by atoms with Crippen molar-refractivity contribution in [3.8, 4) is 0 Å². The summed E-state index contributed by atoms with van der Waals surface area (Å²) in [6, 6.07) is 7.67. The van der Waals surface area contributed by atoms with E-state index in [1.807, 2.05) is 24.3 Å². The molecule has 1 aromatic carbocycles. The van der Waals surface area contributed by atoms with E-state index in [0.29, 0.717) is 0 Å². The van der Waals surface area contributed by atoms with Crippen molar-refractivity contribution in [1.29, 1.82) is 0 Å². The van der Waals surface area contributed by atoms with Crippen LogP contribution in [0.25, 0.3) is 0 Å². The third kappa shape index (κ3) is 2.10. The van der Waals surface area contributed by atoms with Crippen LogP contribution < -0.4 is 16.0 Å². The molecule has 3 rings (SSSR count). The van der Waals surface area contributed by atoms with Gasteiger partial charge in [-0.3, -0.25) is 4.79 Å². The van der Waals surface area contributed by atoms with Gasteiger partial charge in [-0.25, -0.2) is 0 Å². The molecule has 3 N–H and O–H groups in total. The first kappa shape index (κ1) is 12.2. The van der Waals surface area contributed by atoms with E-state index in [0.717, 1.165) is 37.2 Å². The quantitative estimate of drug-likeness (QED) is 0.654. The molecule has 1 aromatic rings. The number of para-hydroxylation sites is 1. The minimum absolute atomic E-state index is 0. The lowest BCUT2D eigenvalue weighted by molar-refractivity contribution is 0.0881. The highest BCUT2D eigenvalue weighted by Gasteiger charge is 2.37.